The van der Waals surface area contributed by atoms with E-state index in [1.54, 1.807) is 20.8 Å². The van der Waals surface area contributed by atoms with Crippen molar-refractivity contribution in [2.75, 3.05) is 6.54 Å². The van der Waals surface area contributed by atoms with Crippen LogP contribution in [0.1, 0.15) is 18.1 Å². The second-order valence-electron chi connectivity index (χ2n) is 4.50. The molecule has 21 heavy (non-hydrogen) atoms. The number of halogens is 1. The monoisotopic (exact) mass is 329 g/mol. The Morgan fingerprint density at radius 1 is 1.43 bits per heavy atom. The fourth-order valence-electron chi connectivity index (χ4n) is 1.68. The molecule has 114 valence electrons. The number of amides is 1. The van der Waals surface area contributed by atoms with Crippen LogP contribution in [0.3, 0.4) is 0 Å². The SMILES string of the molecule is C#CCNC(=O)C(C)Oc1cc(C)c(S(=O)(=O)Cl)cc1C. The van der Waals surface area contributed by atoms with Crippen molar-refractivity contribution in [3.8, 4) is 18.1 Å². The molecular weight excluding hydrogens is 314 g/mol. The summed E-state index contributed by atoms with van der Waals surface area (Å²) in [4.78, 5) is 11.7. The Morgan fingerprint density at radius 3 is 2.57 bits per heavy atom. The molecule has 1 amide bonds. The predicted octanol–water partition coefficient (Wildman–Crippen LogP) is 1.75. The minimum Gasteiger partial charge on any atom is -0.481 e. The molecule has 0 saturated heterocycles. The lowest BCUT2D eigenvalue weighted by Crippen LogP contribution is -2.36. The topological polar surface area (TPSA) is 72.5 Å². The molecular formula is C14H16ClNO4S. The van der Waals surface area contributed by atoms with Crippen molar-refractivity contribution in [3.05, 3.63) is 23.3 Å². The van der Waals surface area contributed by atoms with E-state index in [1.165, 1.54) is 12.1 Å². The quantitative estimate of drug-likeness (QED) is 0.660. The van der Waals surface area contributed by atoms with Gasteiger partial charge < -0.3 is 10.1 Å². The molecule has 1 rings (SSSR count). The molecule has 0 fully saturated rings. The van der Waals surface area contributed by atoms with Crippen molar-refractivity contribution in [3.63, 3.8) is 0 Å². The molecule has 0 bridgehead atoms. The summed E-state index contributed by atoms with van der Waals surface area (Å²) in [6.45, 7) is 4.97. The van der Waals surface area contributed by atoms with Crippen molar-refractivity contribution in [1.29, 1.82) is 0 Å². The average molecular weight is 330 g/mol. The van der Waals surface area contributed by atoms with Gasteiger partial charge in [0.1, 0.15) is 5.75 Å². The highest BCUT2D eigenvalue weighted by Gasteiger charge is 2.19. The molecule has 1 aromatic carbocycles. The molecule has 0 heterocycles. The van der Waals surface area contributed by atoms with Crippen molar-refractivity contribution in [2.24, 2.45) is 0 Å². The lowest BCUT2D eigenvalue weighted by molar-refractivity contribution is -0.127. The molecule has 7 heteroatoms. The van der Waals surface area contributed by atoms with Crippen LogP contribution in [0, 0.1) is 26.2 Å². The second kappa shape index (κ2) is 6.83. The number of ether oxygens (including phenoxy) is 1. The first-order valence-corrected chi connectivity index (χ1v) is 8.41. The van der Waals surface area contributed by atoms with Gasteiger partial charge in [0.15, 0.2) is 6.10 Å². The Balaban J connectivity index is 2.99. The zero-order valence-corrected chi connectivity index (χ0v) is 13.5. The van der Waals surface area contributed by atoms with Gasteiger partial charge in [-0.1, -0.05) is 5.92 Å². The maximum absolute atomic E-state index is 11.7. The van der Waals surface area contributed by atoms with E-state index < -0.39 is 15.2 Å². The van der Waals surface area contributed by atoms with Gasteiger partial charge in [0, 0.05) is 10.7 Å². The van der Waals surface area contributed by atoms with E-state index in [1.807, 2.05) is 0 Å². The molecule has 0 spiro atoms. The van der Waals surface area contributed by atoms with Crippen molar-refractivity contribution < 1.29 is 17.9 Å². The molecule has 0 aliphatic rings. The number of aryl methyl sites for hydroxylation is 2. The van der Waals surface area contributed by atoms with Crippen LogP contribution in [0.5, 0.6) is 5.75 Å². The van der Waals surface area contributed by atoms with Gasteiger partial charge >= 0.3 is 0 Å². The molecule has 1 atom stereocenters. The van der Waals surface area contributed by atoms with Gasteiger partial charge in [-0.2, -0.15) is 0 Å². The van der Waals surface area contributed by atoms with Crippen LogP contribution in [0.25, 0.3) is 0 Å². The molecule has 5 nitrogen and oxygen atoms in total. The molecule has 1 N–H and O–H groups in total. The second-order valence-corrected chi connectivity index (χ2v) is 7.04. The number of carbonyl (C=O) groups is 1. The maximum Gasteiger partial charge on any atom is 0.261 e. The molecule has 0 radical (unpaired) electrons. The third-order valence-electron chi connectivity index (χ3n) is 2.77. The Bertz CT molecular complexity index is 692. The summed E-state index contributed by atoms with van der Waals surface area (Å²) in [5, 5.41) is 2.51. The minimum atomic E-state index is -3.81. The minimum absolute atomic E-state index is 0.0263. The summed E-state index contributed by atoms with van der Waals surface area (Å²) in [6.07, 6.45) is 4.30. The zero-order valence-electron chi connectivity index (χ0n) is 11.9. The summed E-state index contributed by atoms with van der Waals surface area (Å²) < 4.78 is 28.3. The van der Waals surface area contributed by atoms with Crippen LogP contribution in [0.4, 0.5) is 0 Å². The zero-order chi connectivity index (χ0) is 16.2. The van der Waals surface area contributed by atoms with Crippen LogP contribution in [-0.2, 0) is 13.8 Å². The molecule has 0 saturated carbocycles. The van der Waals surface area contributed by atoms with Gasteiger partial charge in [-0.3, -0.25) is 4.79 Å². The fourth-order valence-corrected chi connectivity index (χ4v) is 2.94. The number of carbonyl (C=O) groups excluding carboxylic acids is 1. The predicted molar refractivity (Wildman–Crippen MR) is 80.9 cm³/mol. The van der Waals surface area contributed by atoms with E-state index in [9.17, 15) is 13.2 Å². The highest BCUT2D eigenvalue weighted by Crippen LogP contribution is 2.28. The highest BCUT2D eigenvalue weighted by atomic mass is 35.7. The van der Waals surface area contributed by atoms with E-state index in [0.717, 1.165) is 0 Å². The molecule has 0 aromatic heterocycles. The summed E-state index contributed by atoms with van der Waals surface area (Å²) in [5.74, 6) is 2.36. The number of hydrogen-bond acceptors (Lipinski definition) is 4. The molecule has 0 aliphatic heterocycles. The van der Waals surface area contributed by atoms with Crippen molar-refractivity contribution in [2.45, 2.75) is 31.8 Å². The van der Waals surface area contributed by atoms with Gasteiger partial charge in [-0.15, -0.1) is 6.42 Å². The van der Waals surface area contributed by atoms with Crippen molar-refractivity contribution >= 4 is 25.6 Å². The number of benzene rings is 1. The van der Waals surface area contributed by atoms with Gasteiger partial charge in [0.05, 0.1) is 11.4 Å². The van der Waals surface area contributed by atoms with Gasteiger partial charge in [0.25, 0.3) is 15.0 Å². The van der Waals surface area contributed by atoms with Crippen LogP contribution in [-0.4, -0.2) is 27.0 Å². The Morgan fingerprint density at radius 2 is 2.05 bits per heavy atom. The number of terminal acetylenes is 1. The van der Waals surface area contributed by atoms with E-state index in [4.69, 9.17) is 21.8 Å². The van der Waals surface area contributed by atoms with Crippen LogP contribution in [0.2, 0.25) is 0 Å². The van der Waals surface area contributed by atoms with Crippen LogP contribution >= 0.6 is 10.7 Å². The summed E-state index contributed by atoms with van der Waals surface area (Å²) >= 11 is 0. The number of nitrogens with one attached hydrogen (secondary N) is 1. The van der Waals surface area contributed by atoms with Crippen LogP contribution in [0.15, 0.2) is 17.0 Å². The van der Waals surface area contributed by atoms with Gasteiger partial charge in [-0.05, 0) is 44.0 Å². The number of hydrogen-bond donors (Lipinski definition) is 1. The fraction of sp³-hybridized carbons (Fsp3) is 0.357. The van der Waals surface area contributed by atoms with Crippen LogP contribution < -0.4 is 10.1 Å². The summed E-state index contributed by atoms with van der Waals surface area (Å²) in [7, 11) is 1.54. The number of rotatable bonds is 5. The first kappa shape index (κ1) is 17.3. The summed E-state index contributed by atoms with van der Waals surface area (Å²) in [5.41, 5.74) is 1.01. The third kappa shape index (κ3) is 4.66. The highest BCUT2D eigenvalue weighted by molar-refractivity contribution is 8.13. The normalized spacial score (nSPS) is 12.3. The molecule has 1 aromatic rings. The van der Waals surface area contributed by atoms with Crippen molar-refractivity contribution in [1.82, 2.24) is 5.32 Å². The van der Waals surface area contributed by atoms with Gasteiger partial charge in [0.2, 0.25) is 0 Å². The Hall–Kier alpha value is -1.71. The molecule has 1 unspecified atom stereocenters. The Kier molecular flexibility index (Phi) is 5.64. The van der Waals surface area contributed by atoms with E-state index in [2.05, 4.69) is 11.2 Å². The molecule has 0 aliphatic carbocycles. The average Bonchev–Trinajstić information content (AvgIpc) is 2.38. The standard InChI is InChI=1S/C14H16ClNO4S/c1-5-6-16-14(17)11(4)20-12-7-10(3)13(8-9(12)2)21(15,18)19/h1,7-8,11H,6H2,2-4H3,(H,16,17). The van der Waals surface area contributed by atoms with Gasteiger partial charge in [-0.25, -0.2) is 8.42 Å². The van der Waals surface area contributed by atoms with E-state index in [0.29, 0.717) is 16.9 Å². The van der Waals surface area contributed by atoms with E-state index in [-0.39, 0.29) is 17.3 Å². The third-order valence-corrected chi connectivity index (χ3v) is 4.24. The lowest BCUT2D eigenvalue weighted by Gasteiger charge is -2.17. The summed E-state index contributed by atoms with van der Waals surface area (Å²) in [6, 6.07) is 2.95. The Labute approximate surface area is 129 Å². The maximum atomic E-state index is 11.7. The van der Waals surface area contributed by atoms with E-state index >= 15 is 0 Å². The first-order chi connectivity index (χ1) is 9.66. The smallest absolute Gasteiger partial charge is 0.261 e. The lowest BCUT2D eigenvalue weighted by atomic mass is 10.1. The largest absolute Gasteiger partial charge is 0.481 e. The first-order valence-electron chi connectivity index (χ1n) is 6.10.